The highest BCUT2D eigenvalue weighted by Crippen LogP contribution is 2.13. The predicted molar refractivity (Wildman–Crippen MR) is 77.6 cm³/mol. The van der Waals surface area contributed by atoms with Gasteiger partial charge in [0.05, 0.1) is 0 Å². The van der Waals surface area contributed by atoms with Gasteiger partial charge in [0, 0.05) is 19.1 Å². The number of thioether (sulfide) groups is 1. The maximum atomic E-state index is 11.2. The van der Waals surface area contributed by atoms with Crippen LogP contribution in [0.5, 0.6) is 0 Å². The molecule has 0 saturated carbocycles. The molecule has 0 N–H and O–H groups in total. The lowest BCUT2D eigenvalue weighted by Crippen LogP contribution is -1.98. The third-order valence-electron chi connectivity index (χ3n) is 2.38. The minimum Gasteiger partial charge on any atom is -0.300 e. The van der Waals surface area contributed by atoms with Crippen molar-refractivity contribution in [3.05, 3.63) is 41.5 Å². The number of rotatable bonds is 6. The van der Waals surface area contributed by atoms with Gasteiger partial charge in [-0.2, -0.15) is 0 Å². The second-order valence-corrected chi connectivity index (χ2v) is 5.38. The highest BCUT2D eigenvalue weighted by atomic mass is 32.2. The van der Waals surface area contributed by atoms with Crippen LogP contribution in [0.4, 0.5) is 0 Å². The van der Waals surface area contributed by atoms with Crippen LogP contribution in [-0.2, 0) is 16.0 Å². The molecule has 18 heavy (non-hydrogen) atoms. The lowest BCUT2D eigenvalue weighted by molar-refractivity contribution is -0.116. The molecule has 2 nitrogen and oxygen atoms in total. The molecule has 96 valence electrons. The Morgan fingerprint density at radius 2 is 1.94 bits per heavy atom. The van der Waals surface area contributed by atoms with E-state index in [0.717, 1.165) is 23.3 Å². The molecule has 0 aliphatic rings. The Kier molecular flexibility index (Phi) is 6.44. The Morgan fingerprint density at radius 3 is 2.61 bits per heavy atom. The standard InChI is InChI=1S/C15H18O2S/c1-12(16)11-15-9-4-3-7-14(15)8-5-6-10-18-13(2)17/h3-5,7-9H,6,10-11H2,1-2H3. The molecule has 0 unspecified atom stereocenters. The molecule has 0 heterocycles. The van der Waals surface area contributed by atoms with Crippen LogP contribution in [-0.4, -0.2) is 16.7 Å². The Hall–Kier alpha value is -1.35. The van der Waals surface area contributed by atoms with E-state index in [0.29, 0.717) is 6.42 Å². The van der Waals surface area contributed by atoms with E-state index in [2.05, 4.69) is 6.08 Å². The number of carbonyl (C=O) groups excluding carboxylic acids is 2. The van der Waals surface area contributed by atoms with Gasteiger partial charge in [-0.25, -0.2) is 0 Å². The molecule has 1 rings (SSSR count). The van der Waals surface area contributed by atoms with E-state index in [9.17, 15) is 9.59 Å². The summed E-state index contributed by atoms with van der Waals surface area (Å²) in [5, 5.41) is 0.153. The van der Waals surface area contributed by atoms with Crippen LogP contribution in [0, 0.1) is 0 Å². The topological polar surface area (TPSA) is 34.1 Å². The van der Waals surface area contributed by atoms with Crippen molar-refractivity contribution in [3.8, 4) is 0 Å². The molecule has 0 fully saturated rings. The van der Waals surface area contributed by atoms with Crippen LogP contribution in [0.15, 0.2) is 30.3 Å². The molecule has 0 aromatic heterocycles. The molecule has 0 bridgehead atoms. The fraction of sp³-hybridized carbons (Fsp3) is 0.333. The van der Waals surface area contributed by atoms with Gasteiger partial charge in [0.1, 0.15) is 5.78 Å². The summed E-state index contributed by atoms with van der Waals surface area (Å²) in [6, 6.07) is 7.90. The average Bonchev–Trinajstić information content (AvgIpc) is 2.29. The molecule has 3 heteroatoms. The highest BCUT2D eigenvalue weighted by Gasteiger charge is 2.01. The van der Waals surface area contributed by atoms with Gasteiger partial charge in [0.15, 0.2) is 5.12 Å². The largest absolute Gasteiger partial charge is 0.300 e. The Labute approximate surface area is 112 Å². The molecule has 0 spiro atoms. The molecule has 1 aromatic carbocycles. The minimum atomic E-state index is 0.153. The molecule has 0 aliphatic carbocycles. The van der Waals surface area contributed by atoms with Crippen molar-refractivity contribution >= 4 is 28.7 Å². The fourth-order valence-electron chi connectivity index (χ4n) is 1.61. The third-order valence-corrected chi connectivity index (χ3v) is 3.23. The molecular formula is C15H18O2S. The van der Waals surface area contributed by atoms with Crippen LogP contribution < -0.4 is 0 Å². The number of ketones is 1. The summed E-state index contributed by atoms with van der Waals surface area (Å²) in [5.74, 6) is 0.976. The summed E-state index contributed by atoms with van der Waals surface area (Å²) in [6.07, 6.45) is 5.41. The molecule has 0 radical (unpaired) electrons. The van der Waals surface area contributed by atoms with Gasteiger partial charge in [-0.15, -0.1) is 0 Å². The zero-order valence-corrected chi connectivity index (χ0v) is 11.6. The van der Waals surface area contributed by atoms with Crippen LogP contribution in [0.3, 0.4) is 0 Å². The van der Waals surface area contributed by atoms with Crippen molar-refractivity contribution in [1.82, 2.24) is 0 Å². The van der Waals surface area contributed by atoms with Gasteiger partial charge in [-0.05, 0) is 24.5 Å². The minimum absolute atomic E-state index is 0.153. The van der Waals surface area contributed by atoms with E-state index in [1.165, 1.54) is 11.8 Å². The van der Waals surface area contributed by atoms with Crippen molar-refractivity contribution in [3.63, 3.8) is 0 Å². The zero-order chi connectivity index (χ0) is 13.4. The van der Waals surface area contributed by atoms with Gasteiger partial charge >= 0.3 is 0 Å². The van der Waals surface area contributed by atoms with E-state index in [4.69, 9.17) is 0 Å². The van der Waals surface area contributed by atoms with Crippen molar-refractivity contribution in [1.29, 1.82) is 0 Å². The molecular weight excluding hydrogens is 244 g/mol. The summed E-state index contributed by atoms with van der Waals surface area (Å²) in [5.41, 5.74) is 2.14. The number of hydrogen-bond donors (Lipinski definition) is 0. The molecule has 1 aromatic rings. The highest BCUT2D eigenvalue weighted by molar-refractivity contribution is 8.13. The third kappa shape index (κ3) is 5.82. The summed E-state index contributed by atoms with van der Waals surface area (Å²) in [4.78, 5) is 21.9. The van der Waals surface area contributed by atoms with Crippen molar-refractivity contribution in [2.45, 2.75) is 26.7 Å². The Morgan fingerprint density at radius 1 is 1.22 bits per heavy atom. The first-order chi connectivity index (χ1) is 8.59. The maximum Gasteiger partial charge on any atom is 0.185 e. The quantitative estimate of drug-likeness (QED) is 0.736. The van der Waals surface area contributed by atoms with Crippen LogP contribution >= 0.6 is 11.8 Å². The first-order valence-corrected chi connectivity index (χ1v) is 6.95. The molecule has 0 amide bonds. The summed E-state index contributed by atoms with van der Waals surface area (Å²) in [6.45, 7) is 3.18. The van der Waals surface area contributed by atoms with E-state index in [1.807, 2.05) is 30.3 Å². The summed E-state index contributed by atoms with van der Waals surface area (Å²) >= 11 is 1.34. The number of benzene rings is 1. The lowest BCUT2D eigenvalue weighted by Gasteiger charge is -2.03. The molecule has 0 atom stereocenters. The van der Waals surface area contributed by atoms with Crippen molar-refractivity contribution in [2.24, 2.45) is 0 Å². The summed E-state index contributed by atoms with van der Waals surface area (Å²) < 4.78 is 0. The number of hydrogen-bond acceptors (Lipinski definition) is 3. The normalized spacial score (nSPS) is 10.8. The van der Waals surface area contributed by atoms with Crippen LogP contribution in [0.1, 0.15) is 31.4 Å². The van der Waals surface area contributed by atoms with Gasteiger partial charge in [0.2, 0.25) is 0 Å². The van der Waals surface area contributed by atoms with Crippen LogP contribution in [0.25, 0.3) is 6.08 Å². The van der Waals surface area contributed by atoms with Crippen LogP contribution in [0.2, 0.25) is 0 Å². The lowest BCUT2D eigenvalue weighted by atomic mass is 10.0. The second kappa shape index (κ2) is 7.88. The van der Waals surface area contributed by atoms with Gasteiger partial charge in [-0.3, -0.25) is 9.59 Å². The SMILES string of the molecule is CC(=O)Cc1ccccc1C=CCCSC(C)=O. The molecule has 0 saturated heterocycles. The smallest absolute Gasteiger partial charge is 0.185 e. The van der Waals surface area contributed by atoms with Gasteiger partial charge in [-0.1, -0.05) is 48.2 Å². The second-order valence-electron chi connectivity index (χ2n) is 4.11. The first-order valence-electron chi connectivity index (χ1n) is 5.97. The van der Waals surface area contributed by atoms with E-state index >= 15 is 0 Å². The van der Waals surface area contributed by atoms with Gasteiger partial charge < -0.3 is 0 Å². The Balaban J connectivity index is 2.57. The molecule has 0 aliphatic heterocycles. The number of allylic oxidation sites excluding steroid dienone is 1. The van der Waals surface area contributed by atoms with Crippen molar-refractivity contribution in [2.75, 3.05) is 5.75 Å². The van der Waals surface area contributed by atoms with Gasteiger partial charge in [0.25, 0.3) is 0 Å². The van der Waals surface area contributed by atoms with Crippen molar-refractivity contribution < 1.29 is 9.59 Å². The van der Waals surface area contributed by atoms with E-state index in [-0.39, 0.29) is 10.9 Å². The average molecular weight is 262 g/mol. The Bertz CT molecular complexity index is 450. The predicted octanol–water partition coefficient (Wildman–Crippen LogP) is 3.50. The first kappa shape index (κ1) is 14.7. The van der Waals surface area contributed by atoms with E-state index in [1.54, 1.807) is 13.8 Å². The maximum absolute atomic E-state index is 11.2. The number of carbonyl (C=O) groups is 2. The summed E-state index contributed by atoms with van der Waals surface area (Å²) in [7, 11) is 0. The number of Topliss-reactive ketones (excluding diaryl/α,β-unsaturated/α-hetero) is 1. The fourth-order valence-corrected chi connectivity index (χ4v) is 2.15. The van der Waals surface area contributed by atoms with E-state index < -0.39 is 0 Å². The monoisotopic (exact) mass is 262 g/mol. The zero-order valence-electron chi connectivity index (χ0n) is 10.8.